The lowest BCUT2D eigenvalue weighted by molar-refractivity contribution is 0.0506. The number of anilines is 4. The molecule has 18 nitrogen and oxygen atoms in total. The summed E-state index contributed by atoms with van der Waals surface area (Å²) in [6.07, 6.45) is 7.20. The minimum atomic E-state index is -0.651. The summed E-state index contributed by atoms with van der Waals surface area (Å²) in [5.41, 5.74) is 12.7. The van der Waals surface area contributed by atoms with Crippen LogP contribution in [-0.4, -0.2) is 77.8 Å². The summed E-state index contributed by atoms with van der Waals surface area (Å²) in [7, 11) is 3.26. The van der Waals surface area contributed by atoms with Gasteiger partial charge in [0.25, 0.3) is 22.9 Å². The van der Waals surface area contributed by atoms with Gasteiger partial charge in [-0.3, -0.25) is 48.1 Å². The van der Waals surface area contributed by atoms with E-state index in [1.165, 1.54) is 18.9 Å². The number of benzene rings is 4. The van der Waals surface area contributed by atoms with Gasteiger partial charge in [0.1, 0.15) is 28.4 Å². The number of alkyl carbamates (subject to hydrolysis) is 1. The molecule has 0 unspecified atom stereocenters. The average Bonchev–Trinajstić information content (AvgIpc) is 3.95. The van der Waals surface area contributed by atoms with Gasteiger partial charge >= 0.3 is 6.09 Å². The Hall–Kier alpha value is -9.29. The number of hydrogen-bond donors (Lipinski definition) is 4. The predicted molar refractivity (Wildman–Crippen MR) is 298 cm³/mol. The molecule has 0 spiro atoms. The fourth-order valence-corrected chi connectivity index (χ4v) is 9.25. The van der Waals surface area contributed by atoms with Crippen molar-refractivity contribution < 1.29 is 19.1 Å². The van der Waals surface area contributed by atoms with E-state index in [4.69, 9.17) is 20.4 Å². The highest BCUT2D eigenvalue weighted by Gasteiger charge is 2.35. The largest absolute Gasteiger partial charge is 0.444 e. The summed E-state index contributed by atoms with van der Waals surface area (Å²) in [6.45, 7) is 6.71. The highest BCUT2D eigenvalue weighted by molar-refractivity contribution is 6.12. The van der Waals surface area contributed by atoms with Crippen molar-refractivity contribution in [2.24, 2.45) is 19.8 Å². The third kappa shape index (κ3) is 12.1. The third-order valence-electron chi connectivity index (χ3n) is 13.0. The quantitative estimate of drug-likeness (QED) is 0.0780. The molecule has 4 aromatic carbocycles. The van der Waals surface area contributed by atoms with E-state index in [0.29, 0.717) is 71.5 Å². The maximum atomic E-state index is 13.9. The maximum Gasteiger partial charge on any atom is 0.407 e. The molecule has 0 fully saturated rings. The lowest BCUT2D eigenvalue weighted by Gasteiger charge is -2.25. The summed E-state index contributed by atoms with van der Waals surface area (Å²) < 4.78 is 8.32. The Balaban J connectivity index is 0.000000191. The molecule has 0 bridgehead atoms. The van der Waals surface area contributed by atoms with E-state index in [0.717, 1.165) is 22.3 Å². The number of ether oxygens (including phenoxy) is 1. The van der Waals surface area contributed by atoms with Gasteiger partial charge in [0.05, 0.1) is 19.1 Å². The third-order valence-corrected chi connectivity index (χ3v) is 13.0. The monoisotopic (exact) mass is 1030 g/mol. The molecule has 0 saturated heterocycles. The summed E-state index contributed by atoms with van der Waals surface area (Å²) in [4.78, 5) is 87.7. The van der Waals surface area contributed by atoms with Crippen molar-refractivity contribution in [1.82, 2.24) is 34.4 Å². The van der Waals surface area contributed by atoms with Crippen molar-refractivity contribution in [2.75, 3.05) is 33.5 Å². The maximum absolute atomic E-state index is 13.9. The highest BCUT2D eigenvalue weighted by Crippen LogP contribution is 2.35. The molecule has 10 rings (SSSR count). The lowest BCUT2D eigenvalue weighted by atomic mass is 10.1. The van der Waals surface area contributed by atoms with Crippen LogP contribution in [0.4, 0.5) is 28.1 Å². The number of carbonyl (C=O) groups excluding carboxylic acids is 3. The molecule has 3 amide bonds. The second-order valence-electron chi connectivity index (χ2n) is 19.8. The van der Waals surface area contributed by atoms with Crippen LogP contribution in [0.2, 0.25) is 0 Å². The molecule has 8 aromatic rings. The van der Waals surface area contributed by atoms with Crippen molar-refractivity contribution in [3.05, 3.63) is 212 Å². The molecular weight excluding hydrogens is 973 g/mol. The van der Waals surface area contributed by atoms with Crippen LogP contribution in [0.3, 0.4) is 0 Å². The molecule has 77 heavy (non-hydrogen) atoms. The van der Waals surface area contributed by atoms with Crippen molar-refractivity contribution in [3.63, 3.8) is 0 Å². The number of nitrogens with two attached hydrogens (primary N) is 1. The summed E-state index contributed by atoms with van der Waals surface area (Å²) in [5, 5.41) is 9.44. The molecule has 2 atom stereocenters. The molecule has 6 heterocycles. The van der Waals surface area contributed by atoms with Gasteiger partial charge in [0, 0.05) is 80.3 Å². The van der Waals surface area contributed by atoms with Crippen LogP contribution < -0.4 is 42.6 Å². The van der Waals surface area contributed by atoms with Gasteiger partial charge in [-0.25, -0.2) is 14.8 Å². The van der Waals surface area contributed by atoms with E-state index in [2.05, 4.69) is 25.9 Å². The summed E-state index contributed by atoms with van der Waals surface area (Å²) >= 11 is 0. The number of amides is 3. The van der Waals surface area contributed by atoms with E-state index >= 15 is 0 Å². The molecule has 2 aliphatic rings. The zero-order chi connectivity index (χ0) is 54.2. The van der Waals surface area contributed by atoms with Crippen molar-refractivity contribution in [3.8, 4) is 22.5 Å². The summed E-state index contributed by atoms with van der Waals surface area (Å²) in [6, 6.07) is 41.1. The van der Waals surface area contributed by atoms with E-state index in [9.17, 15) is 24.0 Å². The molecule has 0 radical (unpaired) electrons. The van der Waals surface area contributed by atoms with Crippen LogP contribution >= 0.6 is 0 Å². The van der Waals surface area contributed by atoms with Crippen LogP contribution in [0, 0.1) is 0 Å². The normalized spacial score (nSPS) is 13.5. The minimum Gasteiger partial charge on any atom is -0.444 e. The number of fused-ring (bicyclic) bond motifs is 2. The zero-order valence-corrected chi connectivity index (χ0v) is 43.5. The van der Waals surface area contributed by atoms with Crippen molar-refractivity contribution in [1.29, 1.82) is 0 Å². The smallest absolute Gasteiger partial charge is 0.407 e. The van der Waals surface area contributed by atoms with Gasteiger partial charge in [-0.05, 0) is 92.3 Å². The van der Waals surface area contributed by atoms with Crippen molar-refractivity contribution in [2.45, 2.75) is 64.4 Å². The van der Waals surface area contributed by atoms with Gasteiger partial charge in [-0.2, -0.15) is 0 Å². The van der Waals surface area contributed by atoms with Crippen LogP contribution in [0.25, 0.3) is 22.5 Å². The van der Waals surface area contributed by atoms with E-state index in [-0.39, 0.29) is 59.5 Å². The minimum absolute atomic E-state index is 0.173. The van der Waals surface area contributed by atoms with Gasteiger partial charge in [-0.1, -0.05) is 97.1 Å². The Morgan fingerprint density at radius 3 is 1.44 bits per heavy atom. The van der Waals surface area contributed by atoms with Gasteiger partial charge in [0.15, 0.2) is 0 Å². The number of nitrogens with one attached hydrogen (secondary N) is 3. The Morgan fingerprint density at radius 2 is 1.00 bits per heavy atom. The number of hydrogen-bond acceptors (Lipinski definition) is 13. The van der Waals surface area contributed by atoms with E-state index < -0.39 is 11.7 Å². The Labute approximate surface area is 445 Å². The van der Waals surface area contributed by atoms with Crippen LogP contribution in [0.1, 0.15) is 63.7 Å². The molecule has 392 valence electrons. The Bertz CT molecular complexity index is 3530. The van der Waals surface area contributed by atoms with E-state index in [1.54, 1.807) is 75.3 Å². The first-order valence-electron chi connectivity index (χ1n) is 25.3. The molecule has 4 aromatic heterocycles. The lowest BCUT2D eigenvalue weighted by Crippen LogP contribution is -2.44. The van der Waals surface area contributed by atoms with Crippen LogP contribution in [0.5, 0.6) is 0 Å². The first-order valence-corrected chi connectivity index (χ1v) is 25.3. The topological polar surface area (TPSA) is 225 Å². The number of nitrogens with zero attached hydrogens (tertiary/aromatic N) is 8. The fourth-order valence-electron chi connectivity index (χ4n) is 9.25. The first-order chi connectivity index (χ1) is 37.1. The van der Waals surface area contributed by atoms with E-state index in [1.807, 2.05) is 118 Å². The second-order valence-corrected chi connectivity index (χ2v) is 19.8. The van der Waals surface area contributed by atoms with Crippen molar-refractivity contribution >= 4 is 41.2 Å². The Morgan fingerprint density at radius 1 is 0.584 bits per heavy atom. The van der Waals surface area contributed by atoms with Gasteiger partial charge < -0.3 is 26.4 Å². The first kappa shape index (κ1) is 52.6. The predicted octanol–water partition coefficient (Wildman–Crippen LogP) is 7.54. The fraction of sp³-hybridized carbons (Fsp3) is 0.237. The number of pyridine rings is 2. The number of aromatic nitrogens is 6. The SMILES string of the molecule is Cn1c(NC[C@@H](N)Cc2ccccc2)nc(-c2ccncc2)c(N2Cc3ccccc3C2=O)c1=O.Cn1c(NC[C@H](Cc2ccccc2)NC(=O)OC(C)(C)C)nc(-c2ccncc2)c(N2Cc3ccccc3C2=O)c1=O. The molecular formula is C59H60N12O6. The van der Waals surface area contributed by atoms with Gasteiger partial charge in [0.2, 0.25) is 11.9 Å². The number of rotatable bonds is 15. The zero-order valence-electron chi connectivity index (χ0n) is 43.5. The Kier molecular flexibility index (Phi) is 15.8. The second kappa shape index (κ2) is 23.1. The molecule has 2 aliphatic heterocycles. The average molecular weight is 1030 g/mol. The molecule has 0 saturated carbocycles. The van der Waals surface area contributed by atoms with Crippen LogP contribution in [-0.2, 0) is 44.8 Å². The molecule has 5 N–H and O–H groups in total. The highest BCUT2D eigenvalue weighted by atomic mass is 16.6. The molecule has 0 aliphatic carbocycles. The van der Waals surface area contributed by atoms with Gasteiger partial charge in [-0.15, -0.1) is 0 Å². The number of carbonyl (C=O) groups is 3. The van der Waals surface area contributed by atoms with Crippen LogP contribution in [0.15, 0.2) is 168 Å². The summed E-state index contributed by atoms with van der Waals surface area (Å²) in [5.74, 6) is 0.229. The standard InChI is InChI=1S/C32H34N6O4.C27H26N6O2/c1-32(2,3)42-31(41)35-24(18-21-10-6-5-7-11-21)19-34-30-36-26(22-14-16-33-17-15-22)27(29(40)37(30)4)38-20-23-12-8-9-13-25(23)28(38)39;1-32-26(35)24(33-17-20-9-5-6-10-22(20)25(33)34)23(19-11-13-29-14-12-19)31-27(32)30-16-21(28)15-18-7-3-2-4-8-18/h5-17,24H,18-20H2,1-4H3,(H,34,36)(H,35,41);2-14,21H,15-17,28H2,1H3,(H,30,31)/t24-;21-/m00/s1. The molecule has 18 heteroatoms.